The molecule has 6 heteroatoms. The number of carbonyl (C=O) groups excluding carboxylic acids is 1. The molecule has 4 rings (SSSR count). The highest BCUT2D eigenvalue weighted by molar-refractivity contribution is 6.30. The number of hydrazone groups is 1. The van der Waals surface area contributed by atoms with E-state index < -0.39 is 0 Å². The fourth-order valence-corrected chi connectivity index (χ4v) is 3.81. The molecule has 2 aromatic carbocycles. The minimum absolute atomic E-state index is 0.126. The van der Waals surface area contributed by atoms with Crippen molar-refractivity contribution in [3.05, 3.63) is 70.4 Å². The molecule has 0 N–H and O–H groups in total. The maximum atomic E-state index is 12.3. The first kappa shape index (κ1) is 18.4. The molecule has 0 saturated heterocycles. The molecule has 3 aromatic rings. The number of benzene rings is 2. The number of nitrogens with zero attached hydrogens (tertiary/aromatic N) is 3. The van der Waals surface area contributed by atoms with Gasteiger partial charge in [-0.25, -0.2) is 9.99 Å². The van der Waals surface area contributed by atoms with Crippen LogP contribution in [0.25, 0.3) is 10.9 Å². The molecule has 28 heavy (non-hydrogen) atoms. The van der Waals surface area contributed by atoms with Crippen molar-refractivity contribution in [1.82, 2.24) is 9.99 Å². The van der Waals surface area contributed by atoms with Crippen molar-refractivity contribution in [2.45, 2.75) is 26.3 Å². The van der Waals surface area contributed by atoms with Gasteiger partial charge < -0.3 is 4.74 Å². The summed E-state index contributed by atoms with van der Waals surface area (Å²) in [5, 5.41) is 7.42. The summed E-state index contributed by atoms with van der Waals surface area (Å²) in [5.41, 5.74) is 4.58. The molecule has 0 saturated carbocycles. The van der Waals surface area contributed by atoms with Crippen LogP contribution in [-0.2, 0) is 4.79 Å². The van der Waals surface area contributed by atoms with Crippen molar-refractivity contribution < 1.29 is 9.53 Å². The molecule has 2 heterocycles. The molecule has 5 nitrogen and oxygen atoms in total. The zero-order chi connectivity index (χ0) is 19.8. The number of methoxy groups -OCH3 is 1. The van der Waals surface area contributed by atoms with Crippen molar-refractivity contribution in [3.8, 4) is 5.75 Å². The van der Waals surface area contributed by atoms with Crippen LogP contribution in [0.4, 0.5) is 0 Å². The quantitative estimate of drug-likeness (QED) is 0.594. The lowest BCUT2D eigenvalue weighted by atomic mass is 9.97. The molecule has 0 aliphatic carbocycles. The molecule has 142 valence electrons. The Morgan fingerprint density at radius 2 is 2.04 bits per heavy atom. The Labute approximate surface area is 168 Å². The van der Waals surface area contributed by atoms with Crippen molar-refractivity contribution in [2.24, 2.45) is 5.10 Å². The normalized spacial score (nSPS) is 16.4. The number of aromatic nitrogens is 1. The van der Waals surface area contributed by atoms with Crippen molar-refractivity contribution >= 4 is 34.1 Å². The average molecular weight is 394 g/mol. The highest BCUT2D eigenvalue weighted by Gasteiger charge is 2.33. The van der Waals surface area contributed by atoms with Gasteiger partial charge in [0.05, 0.1) is 24.4 Å². The second-order valence-electron chi connectivity index (χ2n) is 6.93. The average Bonchev–Trinajstić information content (AvgIpc) is 3.12. The zero-order valence-electron chi connectivity index (χ0n) is 15.9. The summed E-state index contributed by atoms with van der Waals surface area (Å²) < 4.78 is 5.26. The number of rotatable bonds is 3. The second kappa shape index (κ2) is 7.24. The number of pyridine rings is 1. The van der Waals surface area contributed by atoms with Crippen molar-refractivity contribution in [2.75, 3.05) is 7.11 Å². The molecule has 0 bridgehead atoms. The first-order valence-corrected chi connectivity index (χ1v) is 9.42. The Hall–Kier alpha value is -2.92. The number of fused-ring (bicyclic) bond motifs is 1. The Morgan fingerprint density at radius 3 is 2.75 bits per heavy atom. The molecule has 1 aromatic heterocycles. The van der Waals surface area contributed by atoms with Crippen molar-refractivity contribution in [1.29, 1.82) is 0 Å². The summed E-state index contributed by atoms with van der Waals surface area (Å²) in [5.74, 6) is 0.596. The van der Waals surface area contributed by atoms with Crippen LogP contribution in [0.5, 0.6) is 5.75 Å². The van der Waals surface area contributed by atoms with E-state index in [-0.39, 0.29) is 11.9 Å². The van der Waals surface area contributed by atoms with Gasteiger partial charge in [-0.05, 0) is 30.7 Å². The first-order chi connectivity index (χ1) is 13.5. The Balaban J connectivity index is 1.75. The van der Waals surface area contributed by atoms with E-state index >= 15 is 0 Å². The third-order valence-electron chi connectivity index (χ3n) is 4.95. The summed E-state index contributed by atoms with van der Waals surface area (Å²) in [6.07, 6.45) is 0.589. The van der Waals surface area contributed by atoms with Crippen LogP contribution < -0.4 is 4.74 Å². The molecule has 1 amide bonds. The van der Waals surface area contributed by atoms with Gasteiger partial charge in [0.2, 0.25) is 5.91 Å². The maximum Gasteiger partial charge on any atom is 0.240 e. The molecule has 1 aliphatic heterocycles. The Kier molecular flexibility index (Phi) is 4.77. The van der Waals surface area contributed by atoms with Crippen molar-refractivity contribution in [3.63, 3.8) is 0 Å². The number of aryl methyl sites for hydroxylation is 1. The van der Waals surface area contributed by atoms with E-state index in [0.29, 0.717) is 11.6 Å². The fraction of sp³-hybridized carbons (Fsp3) is 0.227. The zero-order valence-corrected chi connectivity index (χ0v) is 16.7. The smallest absolute Gasteiger partial charge is 0.240 e. The van der Waals surface area contributed by atoms with Gasteiger partial charge in [0.25, 0.3) is 0 Å². The van der Waals surface area contributed by atoms with Gasteiger partial charge in [0, 0.05) is 30.4 Å². The maximum absolute atomic E-state index is 12.3. The highest BCUT2D eigenvalue weighted by atomic mass is 35.5. The highest BCUT2D eigenvalue weighted by Crippen LogP contribution is 2.37. The Morgan fingerprint density at radius 1 is 1.21 bits per heavy atom. The topological polar surface area (TPSA) is 54.8 Å². The summed E-state index contributed by atoms with van der Waals surface area (Å²) >= 11 is 6.53. The van der Waals surface area contributed by atoms with Crippen LogP contribution in [0.3, 0.4) is 0 Å². The Bertz CT molecular complexity index is 1110. The molecule has 0 radical (unpaired) electrons. The van der Waals surface area contributed by atoms with E-state index in [9.17, 15) is 4.79 Å². The third kappa shape index (κ3) is 3.34. The molecule has 0 unspecified atom stereocenters. The van der Waals surface area contributed by atoms with E-state index in [1.54, 1.807) is 7.11 Å². The monoisotopic (exact) mass is 393 g/mol. The van der Waals surface area contributed by atoms with Crippen LogP contribution in [-0.4, -0.2) is 28.7 Å². The number of hydrogen-bond acceptors (Lipinski definition) is 4. The predicted octanol–water partition coefficient (Wildman–Crippen LogP) is 4.90. The SMILES string of the molecule is COc1ccc2cc([C@H]3CC(c4cccc(C)c4)=NN3C(C)=O)c(Cl)nc2c1. The van der Waals surface area contributed by atoms with Gasteiger partial charge in [-0.1, -0.05) is 41.4 Å². The summed E-state index contributed by atoms with van der Waals surface area (Å²) in [4.78, 5) is 16.8. The minimum Gasteiger partial charge on any atom is -0.497 e. The van der Waals surface area contributed by atoms with Crippen LogP contribution >= 0.6 is 11.6 Å². The summed E-state index contributed by atoms with van der Waals surface area (Å²) in [7, 11) is 1.62. The van der Waals surface area contributed by atoms with E-state index in [4.69, 9.17) is 16.3 Å². The van der Waals surface area contributed by atoms with Gasteiger partial charge in [0.1, 0.15) is 10.9 Å². The largest absolute Gasteiger partial charge is 0.497 e. The van der Waals surface area contributed by atoms with Crippen LogP contribution in [0, 0.1) is 6.92 Å². The number of hydrogen-bond donors (Lipinski definition) is 0. The van der Waals surface area contributed by atoms with E-state index in [1.807, 2.05) is 49.4 Å². The van der Waals surface area contributed by atoms with E-state index in [2.05, 4.69) is 16.2 Å². The minimum atomic E-state index is -0.278. The van der Waals surface area contributed by atoms with Gasteiger partial charge in [-0.2, -0.15) is 5.10 Å². The number of amides is 1. The first-order valence-electron chi connectivity index (χ1n) is 9.05. The van der Waals surface area contributed by atoms with Gasteiger partial charge in [-0.3, -0.25) is 4.79 Å². The molecule has 0 spiro atoms. The van der Waals surface area contributed by atoms with Gasteiger partial charge in [0.15, 0.2) is 0 Å². The number of ether oxygens (including phenoxy) is 1. The molecule has 1 atom stereocenters. The standard InChI is InChI=1S/C22H20ClN3O2/c1-13-5-4-6-15(9-13)20-12-21(26(25-20)14(2)27)18-10-16-7-8-17(28-3)11-19(16)24-22(18)23/h4-11,21H,12H2,1-3H3/t21-/m1/s1. The third-order valence-corrected chi connectivity index (χ3v) is 5.25. The lowest BCUT2D eigenvalue weighted by molar-refractivity contribution is -0.130. The van der Waals surface area contributed by atoms with E-state index in [0.717, 1.165) is 39.1 Å². The number of halogens is 1. The predicted molar refractivity (Wildman–Crippen MR) is 111 cm³/mol. The van der Waals surface area contributed by atoms with Gasteiger partial charge >= 0.3 is 0 Å². The molecular formula is C22H20ClN3O2. The lowest BCUT2D eigenvalue weighted by Gasteiger charge is -2.21. The van der Waals surface area contributed by atoms with Crippen LogP contribution in [0.2, 0.25) is 5.15 Å². The number of carbonyl (C=O) groups is 1. The molecule has 0 fully saturated rings. The van der Waals surface area contributed by atoms with Crippen LogP contribution in [0.15, 0.2) is 53.6 Å². The van der Waals surface area contributed by atoms with Gasteiger partial charge in [-0.15, -0.1) is 0 Å². The summed E-state index contributed by atoms with van der Waals surface area (Å²) in [6, 6.07) is 15.5. The second-order valence-corrected chi connectivity index (χ2v) is 7.28. The van der Waals surface area contributed by atoms with Crippen LogP contribution in [0.1, 0.15) is 36.1 Å². The molecule has 1 aliphatic rings. The lowest BCUT2D eigenvalue weighted by Crippen LogP contribution is -2.24. The molecular weight excluding hydrogens is 374 g/mol. The fourth-order valence-electron chi connectivity index (χ4n) is 3.54. The van der Waals surface area contributed by atoms with E-state index in [1.165, 1.54) is 11.9 Å². The summed E-state index contributed by atoms with van der Waals surface area (Å²) in [6.45, 7) is 3.56.